The molecule has 0 saturated carbocycles. The summed E-state index contributed by atoms with van der Waals surface area (Å²) in [6, 6.07) is 17.2. The van der Waals surface area contributed by atoms with Gasteiger partial charge in [0.05, 0.1) is 0 Å². The molecule has 2 aromatic carbocycles. The predicted octanol–water partition coefficient (Wildman–Crippen LogP) is 3.65. The Hall–Kier alpha value is -1.80. The lowest BCUT2D eigenvalue weighted by atomic mass is 10.0. The molecule has 0 fully saturated rings. The Kier molecular flexibility index (Phi) is 3.75. The zero-order valence-electron chi connectivity index (χ0n) is 12.1. The van der Waals surface area contributed by atoms with Crippen molar-refractivity contribution >= 4 is 0 Å². The molecule has 1 aliphatic rings. The van der Waals surface area contributed by atoms with Crippen LogP contribution in [0.1, 0.15) is 29.7 Å². The number of para-hydroxylation sites is 1. The van der Waals surface area contributed by atoms with Crippen molar-refractivity contribution in [1.29, 1.82) is 0 Å². The number of fused-ring (bicyclic) bond motifs is 1. The summed E-state index contributed by atoms with van der Waals surface area (Å²) in [6.07, 6.45) is 1.25. The maximum absolute atomic E-state index is 5.96. The van der Waals surface area contributed by atoms with E-state index in [2.05, 4.69) is 61.6 Å². The molecule has 0 bridgehead atoms. The molecule has 0 aliphatic carbocycles. The van der Waals surface area contributed by atoms with Crippen LogP contribution in [0.15, 0.2) is 48.5 Å². The predicted molar refractivity (Wildman–Crippen MR) is 82.2 cm³/mol. The molecule has 0 aromatic heterocycles. The van der Waals surface area contributed by atoms with E-state index in [9.17, 15) is 0 Å². The molecule has 2 aromatic rings. The van der Waals surface area contributed by atoms with Crippen LogP contribution in [0.3, 0.4) is 0 Å². The molecule has 1 aliphatic heterocycles. The summed E-state index contributed by atoms with van der Waals surface area (Å²) in [7, 11) is 0. The first-order valence-corrected chi connectivity index (χ1v) is 7.27. The fraction of sp³-hybridized carbons (Fsp3) is 0.333. The normalized spacial score (nSPS) is 18.4. The van der Waals surface area contributed by atoms with E-state index in [0.29, 0.717) is 6.04 Å². The van der Waals surface area contributed by atoms with Crippen LogP contribution in [0.5, 0.6) is 5.75 Å². The second-order valence-electron chi connectivity index (χ2n) is 5.54. The van der Waals surface area contributed by atoms with Gasteiger partial charge in [0, 0.05) is 19.0 Å². The third kappa shape index (κ3) is 2.70. The molecule has 104 valence electrons. The first-order valence-electron chi connectivity index (χ1n) is 7.27. The van der Waals surface area contributed by atoms with Crippen LogP contribution in [-0.2, 0) is 6.42 Å². The van der Waals surface area contributed by atoms with Gasteiger partial charge >= 0.3 is 0 Å². The maximum Gasteiger partial charge on any atom is 0.123 e. The highest BCUT2D eigenvalue weighted by Crippen LogP contribution is 2.28. The van der Waals surface area contributed by atoms with Gasteiger partial charge in [-0.15, -0.1) is 0 Å². The Morgan fingerprint density at radius 1 is 1.15 bits per heavy atom. The van der Waals surface area contributed by atoms with Crippen molar-refractivity contribution in [3.8, 4) is 5.75 Å². The van der Waals surface area contributed by atoms with Crippen molar-refractivity contribution in [3.05, 3.63) is 65.2 Å². The van der Waals surface area contributed by atoms with Crippen LogP contribution in [0.2, 0.25) is 0 Å². The fourth-order valence-corrected chi connectivity index (χ4v) is 2.86. The van der Waals surface area contributed by atoms with Gasteiger partial charge in [-0.3, -0.25) is 0 Å². The highest BCUT2D eigenvalue weighted by atomic mass is 16.5. The number of nitrogens with one attached hydrogen (secondary N) is 1. The van der Waals surface area contributed by atoms with E-state index < -0.39 is 0 Å². The van der Waals surface area contributed by atoms with Crippen LogP contribution in [0.25, 0.3) is 0 Å². The van der Waals surface area contributed by atoms with Gasteiger partial charge in [-0.2, -0.15) is 0 Å². The molecule has 1 heterocycles. The Morgan fingerprint density at radius 2 is 1.90 bits per heavy atom. The third-order valence-corrected chi connectivity index (χ3v) is 4.02. The van der Waals surface area contributed by atoms with Gasteiger partial charge in [-0.1, -0.05) is 42.5 Å². The van der Waals surface area contributed by atoms with E-state index in [0.717, 1.165) is 18.7 Å². The smallest absolute Gasteiger partial charge is 0.123 e. The van der Waals surface area contributed by atoms with Crippen molar-refractivity contribution in [1.82, 2.24) is 5.32 Å². The fourth-order valence-electron chi connectivity index (χ4n) is 2.86. The molecule has 0 spiro atoms. The monoisotopic (exact) mass is 267 g/mol. The first kappa shape index (κ1) is 13.2. The molecular weight excluding hydrogens is 246 g/mol. The molecule has 2 atom stereocenters. The van der Waals surface area contributed by atoms with Crippen LogP contribution in [0.4, 0.5) is 0 Å². The lowest BCUT2D eigenvalue weighted by molar-refractivity contribution is 0.222. The summed E-state index contributed by atoms with van der Waals surface area (Å²) in [5.41, 5.74) is 4.02. The average Bonchev–Trinajstić information content (AvgIpc) is 2.88. The van der Waals surface area contributed by atoms with E-state index in [1.165, 1.54) is 16.7 Å². The number of benzene rings is 2. The second kappa shape index (κ2) is 5.68. The SMILES string of the molecule is Cc1ccccc1[C@H](C)NCC1Cc2ccccc2O1. The number of aryl methyl sites for hydroxylation is 1. The molecule has 0 radical (unpaired) electrons. The molecule has 20 heavy (non-hydrogen) atoms. The largest absolute Gasteiger partial charge is 0.488 e. The topological polar surface area (TPSA) is 21.3 Å². The minimum atomic E-state index is 0.249. The number of ether oxygens (including phenoxy) is 1. The Labute approximate surface area is 120 Å². The van der Waals surface area contributed by atoms with Crippen molar-refractivity contribution in [3.63, 3.8) is 0 Å². The first-order chi connectivity index (χ1) is 9.74. The third-order valence-electron chi connectivity index (χ3n) is 4.02. The number of hydrogen-bond acceptors (Lipinski definition) is 2. The average molecular weight is 267 g/mol. The summed E-state index contributed by atoms with van der Waals surface area (Å²) in [5.74, 6) is 1.04. The van der Waals surface area contributed by atoms with E-state index in [1.54, 1.807) is 0 Å². The summed E-state index contributed by atoms with van der Waals surface area (Å²) >= 11 is 0. The molecule has 3 rings (SSSR count). The van der Waals surface area contributed by atoms with Gasteiger partial charge in [0.25, 0.3) is 0 Å². The van der Waals surface area contributed by atoms with Crippen molar-refractivity contribution in [2.45, 2.75) is 32.4 Å². The van der Waals surface area contributed by atoms with Crippen LogP contribution in [-0.4, -0.2) is 12.6 Å². The molecule has 2 heteroatoms. The van der Waals surface area contributed by atoms with Gasteiger partial charge in [0.1, 0.15) is 11.9 Å². The zero-order valence-corrected chi connectivity index (χ0v) is 12.1. The minimum absolute atomic E-state index is 0.249. The summed E-state index contributed by atoms with van der Waals surface area (Å²) in [4.78, 5) is 0. The van der Waals surface area contributed by atoms with Crippen molar-refractivity contribution in [2.24, 2.45) is 0 Å². The highest BCUT2D eigenvalue weighted by molar-refractivity contribution is 5.37. The van der Waals surface area contributed by atoms with Crippen LogP contribution >= 0.6 is 0 Å². The molecular formula is C18H21NO. The van der Waals surface area contributed by atoms with E-state index >= 15 is 0 Å². The lowest BCUT2D eigenvalue weighted by Crippen LogP contribution is -2.32. The second-order valence-corrected chi connectivity index (χ2v) is 5.54. The minimum Gasteiger partial charge on any atom is -0.488 e. The molecule has 1 unspecified atom stereocenters. The summed E-state index contributed by atoms with van der Waals surface area (Å²) < 4.78 is 5.96. The van der Waals surface area contributed by atoms with Gasteiger partial charge in [0.2, 0.25) is 0 Å². The quantitative estimate of drug-likeness (QED) is 0.913. The zero-order chi connectivity index (χ0) is 13.9. The van der Waals surface area contributed by atoms with Crippen molar-refractivity contribution < 1.29 is 4.74 Å². The van der Waals surface area contributed by atoms with Gasteiger partial charge in [0.15, 0.2) is 0 Å². The Morgan fingerprint density at radius 3 is 2.70 bits per heavy atom. The summed E-state index contributed by atoms with van der Waals surface area (Å²) in [6.45, 7) is 5.25. The molecule has 0 amide bonds. The van der Waals surface area contributed by atoms with E-state index in [4.69, 9.17) is 4.74 Å². The Bertz CT molecular complexity index is 568. The van der Waals surface area contributed by atoms with E-state index in [-0.39, 0.29) is 6.10 Å². The lowest BCUT2D eigenvalue weighted by Gasteiger charge is -2.19. The van der Waals surface area contributed by atoms with Crippen molar-refractivity contribution in [2.75, 3.05) is 6.54 Å². The van der Waals surface area contributed by atoms with E-state index in [1.807, 2.05) is 6.07 Å². The van der Waals surface area contributed by atoms with Gasteiger partial charge < -0.3 is 10.1 Å². The summed E-state index contributed by atoms with van der Waals surface area (Å²) in [5, 5.41) is 3.59. The van der Waals surface area contributed by atoms with Gasteiger partial charge in [-0.05, 0) is 36.6 Å². The standard InChI is InChI=1S/C18H21NO/c1-13-7-3-5-9-17(13)14(2)19-12-16-11-15-8-4-6-10-18(15)20-16/h3-10,14,16,19H,11-12H2,1-2H3/t14-,16?/m0/s1. The Balaban J connectivity index is 1.58. The number of hydrogen-bond donors (Lipinski definition) is 1. The maximum atomic E-state index is 5.96. The van der Waals surface area contributed by atoms with Crippen LogP contribution < -0.4 is 10.1 Å². The van der Waals surface area contributed by atoms with Gasteiger partial charge in [-0.25, -0.2) is 0 Å². The number of rotatable bonds is 4. The molecule has 2 nitrogen and oxygen atoms in total. The highest BCUT2D eigenvalue weighted by Gasteiger charge is 2.22. The molecule has 1 N–H and O–H groups in total. The molecule has 0 saturated heterocycles. The van der Waals surface area contributed by atoms with Crippen LogP contribution in [0, 0.1) is 6.92 Å².